The first-order valence-electron chi connectivity index (χ1n) is 9.03. The molecular weight excluding hydrogens is 407 g/mol. The smallest absolute Gasteiger partial charge is 0.253 e. The maximum atomic E-state index is 14.3. The van der Waals surface area contributed by atoms with Gasteiger partial charge >= 0.3 is 0 Å². The van der Waals surface area contributed by atoms with Gasteiger partial charge in [0.2, 0.25) is 9.84 Å². The third-order valence-corrected chi connectivity index (χ3v) is 6.47. The number of pyridine rings is 1. The van der Waals surface area contributed by atoms with Gasteiger partial charge in [0.25, 0.3) is 5.91 Å². The summed E-state index contributed by atoms with van der Waals surface area (Å²) in [5.74, 6) is -1.07. The lowest BCUT2D eigenvalue weighted by Crippen LogP contribution is -2.22. The second-order valence-electron chi connectivity index (χ2n) is 6.75. The molecule has 0 atom stereocenters. The number of aromatic nitrogens is 3. The van der Waals surface area contributed by atoms with E-state index in [4.69, 9.17) is 0 Å². The van der Waals surface area contributed by atoms with Gasteiger partial charge in [0.1, 0.15) is 10.7 Å². The highest BCUT2D eigenvalue weighted by atomic mass is 32.2. The lowest BCUT2D eigenvalue weighted by molar-refractivity contribution is 0.0950. The van der Waals surface area contributed by atoms with Crippen molar-refractivity contribution in [3.05, 3.63) is 83.4 Å². The minimum atomic E-state index is -3.98. The maximum absolute atomic E-state index is 14.3. The highest BCUT2D eigenvalue weighted by molar-refractivity contribution is 7.91. The molecule has 2 N–H and O–H groups in total. The molecule has 1 amide bonds. The number of benzene rings is 2. The van der Waals surface area contributed by atoms with Crippen LogP contribution in [0.2, 0.25) is 0 Å². The summed E-state index contributed by atoms with van der Waals surface area (Å²) in [6.07, 6.45) is 3.03. The van der Waals surface area contributed by atoms with E-state index >= 15 is 0 Å². The van der Waals surface area contributed by atoms with E-state index < -0.39 is 15.7 Å². The Hall–Kier alpha value is -3.59. The molecule has 7 nitrogen and oxygen atoms in total. The molecule has 0 aliphatic heterocycles. The molecule has 0 radical (unpaired) electrons. The van der Waals surface area contributed by atoms with E-state index in [1.54, 1.807) is 24.4 Å². The topological polar surface area (TPSA) is 105 Å². The van der Waals surface area contributed by atoms with E-state index in [0.29, 0.717) is 16.8 Å². The molecule has 0 unspecified atom stereocenters. The molecule has 0 saturated heterocycles. The number of H-pyrrole nitrogens is 1. The maximum Gasteiger partial charge on any atom is 0.253 e. The summed E-state index contributed by atoms with van der Waals surface area (Å²) in [5, 5.41) is 10.1. The zero-order valence-corrected chi connectivity index (χ0v) is 16.7. The molecule has 4 aromatic rings. The van der Waals surface area contributed by atoms with E-state index in [0.717, 1.165) is 5.39 Å². The van der Waals surface area contributed by atoms with Gasteiger partial charge in [-0.3, -0.25) is 9.89 Å². The van der Waals surface area contributed by atoms with Gasteiger partial charge in [-0.25, -0.2) is 17.8 Å². The minimum Gasteiger partial charge on any atom is -0.348 e. The van der Waals surface area contributed by atoms with Gasteiger partial charge in [-0.05, 0) is 42.3 Å². The summed E-state index contributed by atoms with van der Waals surface area (Å²) < 4.78 is 39.7. The Morgan fingerprint density at radius 1 is 1.13 bits per heavy atom. The number of aryl methyl sites for hydroxylation is 1. The number of sulfone groups is 1. The molecular formula is C21H17FN4O3S. The third kappa shape index (κ3) is 3.67. The van der Waals surface area contributed by atoms with Gasteiger partial charge in [-0.1, -0.05) is 24.3 Å². The zero-order chi connectivity index (χ0) is 21.3. The van der Waals surface area contributed by atoms with E-state index in [2.05, 4.69) is 20.5 Å². The van der Waals surface area contributed by atoms with Gasteiger partial charge in [-0.2, -0.15) is 5.10 Å². The Morgan fingerprint density at radius 2 is 1.90 bits per heavy atom. The van der Waals surface area contributed by atoms with Crippen LogP contribution in [0.25, 0.3) is 11.0 Å². The Bertz CT molecular complexity index is 1350. The van der Waals surface area contributed by atoms with Crippen LogP contribution in [0.1, 0.15) is 21.5 Å². The molecule has 9 heteroatoms. The van der Waals surface area contributed by atoms with Crippen LogP contribution in [0.5, 0.6) is 0 Å². The van der Waals surface area contributed by atoms with Crippen molar-refractivity contribution < 1.29 is 17.6 Å². The van der Waals surface area contributed by atoms with Crippen LogP contribution in [0.4, 0.5) is 4.39 Å². The van der Waals surface area contributed by atoms with Gasteiger partial charge < -0.3 is 5.32 Å². The van der Waals surface area contributed by atoms with E-state index in [1.165, 1.54) is 43.5 Å². The van der Waals surface area contributed by atoms with Gasteiger partial charge in [0.15, 0.2) is 5.65 Å². The van der Waals surface area contributed by atoms with E-state index in [1.807, 2.05) is 0 Å². The highest BCUT2D eigenvalue weighted by Crippen LogP contribution is 2.25. The van der Waals surface area contributed by atoms with Crippen molar-refractivity contribution in [1.29, 1.82) is 0 Å². The molecule has 2 heterocycles. The minimum absolute atomic E-state index is 0.0170. The standard InChI is InChI=1S/C21H17FN4O3S/c1-13-3-2-4-18(19(13)22)30(28,29)17-7-5-14(6-8-17)10-24-21(27)16-9-15-12-25-26-20(15)23-11-16/h2-9,11-12H,10H2,1H3,(H,24,27)(H,23,25,26). The van der Waals surface area contributed by atoms with Crippen LogP contribution in [-0.2, 0) is 16.4 Å². The number of fused-ring (bicyclic) bond motifs is 1. The van der Waals surface area contributed by atoms with Crippen molar-refractivity contribution in [2.24, 2.45) is 0 Å². The molecule has 0 aliphatic rings. The molecule has 0 bridgehead atoms. The summed E-state index contributed by atoms with van der Waals surface area (Å²) in [5.41, 5.74) is 1.94. The number of hydrogen-bond donors (Lipinski definition) is 2. The summed E-state index contributed by atoms with van der Waals surface area (Å²) in [7, 11) is -3.98. The van der Waals surface area contributed by atoms with Crippen LogP contribution < -0.4 is 5.32 Å². The lowest BCUT2D eigenvalue weighted by atomic mass is 10.2. The summed E-state index contributed by atoms with van der Waals surface area (Å²) in [6.45, 7) is 1.71. The predicted molar refractivity (Wildman–Crippen MR) is 108 cm³/mol. The Labute approximate surface area is 171 Å². The first-order chi connectivity index (χ1) is 14.4. The van der Waals surface area contributed by atoms with Gasteiger partial charge in [-0.15, -0.1) is 0 Å². The zero-order valence-electron chi connectivity index (χ0n) is 15.9. The first kappa shape index (κ1) is 19.7. The van der Waals surface area contributed by atoms with Crippen LogP contribution in [0, 0.1) is 12.7 Å². The van der Waals surface area contributed by atoms with Gasteiger partial charge in [0, 0.05) is 18.1 Å². The summed E-state index contributed by atoms with van der Waals surface area (Å²) in [4.78, 5) is 16.1. The average molecular weight is 424 g/mol. The Balaban J connectivity index is 1.48. The number of hydrogen-bond acceptors (Lipinski definition) is 5. The molecule has 0 fully saturated rings. The fourth-order valence-electron chi connectivity index (χ4n) is 2.99. The average Bonchev–Trinajstić information content (AvgIpc) is 3.22. The van der Waals surface area contributed by atoms with Crippen molar-refractivity contribution in [3.63, 3.8) is 0 Å². The molecule has 152 valence electrons. The molecule has 30 heavy (non-hydrogen) atoms. The van der Waals surface area contributed by atoms with Crippen molar-refractivity contribution in [2.45, 2.75) is 23.3 Å². The van der Waals surface area contributed by atoms with E-state index in [-0.39, 0.29) is 27.8 Å². The highest BCUT2D eigenvalue weighted by Gasteiger charge is 2.22. The number of nitrogens with one attached hydrogen (secondary N) is 2. The number of rotatable bonds is 5. The molecule has 2 aromatic carbocycles. The fraction of sp³-hybridized carbons (Fsp3) is 0.0952. The predicted octanol–water partition coefficient (Wildman–Crippen LogP) is 3.17. The number of halogens is 1. The third-order valence-electron chi connectivity index (χ3n) is 4.69. The SMILES string of the molecule is Cc1cccc(S(=O)(=O)c2ccc(CNC(=O)c3cnc4[nH]ncc4c3)cc2)c1F. The van der Waals surface area contributed by atoms with Crippen molar-refractivity contribution in [2.75, 3.05) is 0 Å². The Morgan fingerprint density at radius 3 is 2.67 bits per heavy atom. The molecule has 2 aromatic heterocycles. The monoisotopic (exact) mass is 424 g/mol. The van der Waals surface area contributed by atoms with Crippen LogP contribution in [-0.4, -0.2) is 29.5 Å². The second-order valence-corrected chi connectivity index (χ2v) is 8.67. The number of amides is 1. The number of aromatic amines is 1. The van der Waals surface area contributed by atoms with E-state index in [9.17, 15) is 17.6 Å². The quantitative estimate of drug-likeness (QED) is 0.512. The van der Waals surface area contributed by atoms with Crippen molar-refractivity contribution in [3.8, 4) is 0 Å². The van der Waals surface area contributed by atoms with Gasteiger partial charge in [0.05, 0.1) is 16.7 Å². The number of nitrogens with zero attached hydrogens (tertiary/aromatic N) is 2. The fourth-order valence-corrected chi connectivity index (χ4v) is 4.39. The molecule has 0 saturated carbocycles. The Kier molecular flexibility index (Phi) is 5.04. The lowest BCUT2D eigenvalue weighted by Gasteiger charge is -2.09. The van der Waals surface area contributed by atoms with Crippen LogP contribution in [0.3, 0.4) is 0 Å². The van der Waals surface area contributed by atoms with Crippen LogP contribution >= 0.6 is 0 Å². The second kappa shape index (κ2) is 7.68. The summed E-state index contributed by atoms with van der Waals surface area (Å²) >= 11 is 0. The van der Waals surface area contributed by atoms with Crippen LogP contribution in [0.15, 0.2) is 70.7 Å². The number of carbonyl (C=O) groups excluding carboxylic acids is 1. The number of carbonyl (C=O) groups is 1. The van der Waals surface area contributed by atoms with Crippen molar-refractivity contribution in [1.82, 2.24) is 20.5 Å². The molecule has 0 spiro atoms. The molecule has 0 aliphatic carbocycles. The first-order valence-corrected chi connectivity index (χ1v) is 10.5. The normalized spacial score (nSPS) is 11.5. The summed E-state index contributed by atoms with van der Waals surface area (Å²) in [6, 6.07) is 11.9. The largest absolute Gasteiger partial charge is 0.348 e. The molecule has 4 rings (SSSR count). The van der Waals surface area contributed by atoms with Crippen molar-refractivity contribution >= 4 is 26.8 Å².